The number of furan rings is 1. The zero-order chi connectivity index (χ0) is 39.1. The first kappa shape index (κ1) is 34.4. The van der Waals surface area contributed by atoms with Crippen molar-refractivity contribution in [3.05, 3.63) is 231 Å². The summed E-state index contributed by atoms with van der Waals surface area (Å²) in [6.07, 6.45) is 0. The summed E-state index contributed by atoms with van der Waals surface area (Å²) in [4.78, 5) is 4.68. The lowest BCUT2D eigenvalue weighted by atomic mass is 9.94. The molecule has 0 radical (unpaired) electrons. The molecule has 0 unspecified atom stereocenters. The number of para-hydroxylation sites is 3. The van der Waals surface area contributed by atoms with E-state index in [1.165, 1.54) is 21.5 Å². The SMILES string of the molecule is c1ccc(N(c2ccc(-c3ccc(N(c4ccccc4)c4ccc5ccccc5c4)c(-c4ccc5ccccc5c4)c3)cc2)c2ccc3c(c2)oc2ccccc23)cc1. The minimum Gasteiger partial charge on any atom is -0.456 e. The Bertz CT molecular complexity index is 3280. The van der Waals surface area contributed by atoms with Crippen LogP contribution in [-0.4, -0.2) is 0 Å². The average Bonchev–Trinajstić information content (AvgIpc) is 3.68. The van der Waals surface area contributed by atoms with E-state index in [4.69, 9.17) is 4.42 Å². The van der Waals surface area contributed by atoms with Crippen LogP contribution in [-0.2, 0) is 0 Å². The Kier molecular flexibility index (Phi) is 8.49. The Morgan fingerprint density at radius 2 is 0.780 bits per heavy atom. The first-order chi connectivity index (χ1) is 29.2. The minimum absolute atomic E-state index is 0.871. The topological polar surface area (TPSA) is 19.6 Å². The number of rotatable bonds is 8. The van der Waals surface area contributed by atoms with Crippen LogP contribution in [0.15, 0.2) is 235 Å². The molecular weight excluding hydrogens is 717 g/mol. The summed E-state index contributed by atoms with van der Waals surface area (Å²) in [7, 11) is 0. The summed E-state index contributed by atoms with van der Waals surface area (Å²) >= 11 is 0. The van der Waals surface area contributed by atoms with Gasteiger partial charge < -0.3 is 14.2 Å². The molecule has 3 nitrogen and oxygen atoms in total. The lowest BCUT2D eigenvalue weighted by molar-refractivity contribution is 0.669. The van der Waals surface area contributed by atoms with Gasteiger partial charge in [-0.1, -0.05) is 140 Å². The van der Waals surface area contributed by atoms with Gasteiger partial charge in [-0.05, 0) is 123 Å². The number of fused-ring (bicyclic) bond motifs is 5. The monoisotopic (exact) mass is 754 g/mol. The number of hydrogen-bond acceptors (Lipinski definition) is 3. The number of benzene rings is 10. The molecule has 0 fully saturated rings. The normalized spacial score (nSPS) is 11.4. The summed E-state index contributed by atoms with van der Waals surface area (Å²) in [5.74, 6) is 0. The molecule has 0 N–H and O–H groups in total. The van der Waals surface area contributed by atoms with Crippen molar-refractivity contribution in [1.29, 1.82) is 0 Å². The van der Waals surface area contributed by atoms with Gasteiger partial charge in [0.25, 0.3) is 0 Å². The summed E-state index contributed by atoms with van der Waals surface area (Å²) in [6.45, 7) is 0. The predicted octanol–water partition coefficient (Wildman–Crippen LogP) is 16.2. The predicted molar refractivity (Wildman–Crippen MR) is 249 cm³/mol. The van der Waals surface area contributed by atoms with Gasteiger partial charge in [0.2, 0.25) is 0 Å². The fourth-order valence-corrected chi connectivity index (χ4v) is 8.50. The van der Waals surface area contributed by atoms with Gasteiger partial charge in [-0.15, -0.1) is 0 Å². The Hall–Kier alpha value is -7.88. The van der Waals surface area contributed by atoms with Gasteiger partial charge in [0, 0.05) is 50.8 Å². The van der Waals surface area contributed by atoms with Crippen molar-refractivity contribution in [2.75, 3.05) is 9.80 Å². The van der Waals surface area contributed by atoms with Crippen molar-refractivity contribution in [3.63, 3.8) is 0 Å². The van der Waals surface area contributed by atoms with E-state index < -0.39 is 0 Å². The third-order valence-electron chi connectivity index (χ3n) is 11.4. The molecule has 0 saturated carbocycles. The van der Waals surface area contributed by atoms with Crippen LogP contribution >= 0.6 is 0 Å². The molecule has 0 atom stereocenters. The standard InChI is InChI=1S/C56H38N2O/c1-3-17-46(18-4-1)57(50-32-33-52-51-21-11-12-22-55(51)59-56(52)38-50)48-29-25-41(26-30-48)44-28-34-54(53(37-44)45-24-23-39-13-7-9-15-42(39)35-45)58(47-19-5-2-6-20-47)49-31-27-40-14-8-10-16-43(40)36-49/h1-38H. The summed E-state index contributed by atoms with van der Waals surface area (Å²) in [5.41, 5.74) is 12.9. The first-order valence-electron chi connectivity index (χ1n) is 20.1. The van der Waals surface area contributed by atoms with Gasteiger partial charge in [0.05, 0.1) is 5.69 Å². The van der Waals surface area contributed by atoms with Crippen LogP contribution in [0.1, 0.15) is 0 Å². The van der Waals surface area contributed by atoms with Gasteiger partial charge >= 0.3 is 0 Å². The molecule has 0 aliphatic rings. The van der Waals surface area contributed by atoms with Gasteiger partial charge in [0.15, 0.2) is 0 Å². The Morgan fingerprint density at radius 1 is 0.271 bits per heavy atom. The van der Waals surface area contributed by atoms with Crippen LogP contribution in [0.4, 0.5) is 34.1 Å². The maximum atomic E-state index is 6.33. The van der Waals surface area contributed by atoms with E-state index in [-0.39, 0.29) is 0 Å². The van der Waals surface area contributed by atoms with Gasteiger partial charge in [-0.2, -0.15) is 0 Å². The molecular formula is C56H38N2O. The van der Waals surface area contributed by atoms with Crippen LogP contribution in [0.3, 0.4) is 0 Å². The van der Waals surface area contributed by atoms with E-state index in [0.717, 1.165) is 78.3 Å². The molecule has 0 spiro atoms. The van der Waals surface area contributed by atoms with Crippen molar-refractivity contribution in [2.45, 2.75) is 0 Å². The summed E-state index contributed by atoms with van der Waals surface area (Å²) in [6, 6.07) is 82.5. The molecule has 11 aromatic rings. The van der Waals surface area contributed by atoms with Gasteiger partial charge in [0.1, 0.15) is 11.2 Å². The molecule has 0 aliphatic heterocycles. The van der Waals surface area contributed by atoms with Crippen molar-refractivity contribution in [2.24, 2.45) is 0 Å². The van der Waals surface area contributed by atoms with Crippen LogP contribution in [0, 0.1) is 0 Å². The summed E-state index contributed by atoms with van der Waals surface area (Å²) in [5, 5.41) is 7.11. The van der Waals surface area contributed by atoms with Crippen LogP contribution in [0.5, 0.6) is 0 Å². The van der Waals surface area contributed by atoms with Crippen LogP contribution < -0.4 is 9.80 Å². The molecule has 0 aliphatic carbocycles. The fraction of sp³-hybridized carbons (Fsp3) is 0. The minimum atomic E-state index is 0.871. The van der Waals surface area contributed by atoms with Gasteiger partial charge in [-0.3, -0.25) is 0 Å². The molecule has 1 aromatic heterocycles. The zero-order valence-corrected chi connectivity index (χ0v) is 32.2. The number of anilines is 6. The quantitative estimate of drug-likeness (QED) is 0.154. The maximum absolute atomic E-state index is 6.33. The van der Waals surface area contributed by atoms with E-state index >= 15 is 0 Å². The van der Waals surface area contributed by atoms with E-state index in [1.54, 1.807) is 0 Å². The van der Waals surface area contributed by atoms with E-state index in [9.17, 15) is 0 Å². The van der Waals surface area contributed by atoms with E-state index in [0.29, 0.717) is 0 Å². The molecule has 0 saturated heterocycles. The highest BCUT2D eigenvalue weighted by atomic mass is 16.3. The van der Waals surface area contributed by atoms with Crippen molar-refractivity contribution >= 4 is 77.6 Å². The molecule has 1 heterocycles. The van der Waals surface area contributed by atoms with Crippen molar-refractivity contribution in [1.82, 2.24) is 0 Å². The van der Waals surface area contributed by atoms with Crippen molar-refractivity contribution < 1.29 is 4.42 Å². The maximum Gasteiger partial charge on any atom is 0.137 e. The highest BCUT2D eigenvalue weighted by Crippen LogP contribution is 2.45. The van der Waals surface area contributed by atoms with Crippen molar-refractivity contribution in [3.8, 4) is 22.3 Å². The smallest absolute Gasteiger partial charge is 0.137 e. The molecule has 10 aromatic carbocycles. The highest BCUT2D eigenvalue weighted by Gasteiger charge is 2.20. The Balaban J connectivity index is 1.04. The molecule has 3 heteroatoms. The van der Waals surface area contributed by atoms with Crippen LogP contribution in [0.25, 0.3) is 65.7 Å². The number of hydrogen-bond donors (Lipinski definition) is 0. The third kappa shape index (κ3) is 6.36. The largest absolute Gasteiger partial charge is 0.456 e. The Morgan fingerprint density at radius 3 is 1.53 bits per heavy atom. The lowest BCUT2D eigenvalue weighted by Gasteiger charge is -2.29. The first-order valence-corrected chi connectivity index (χ1v) is 20.1. The third-order valence-corrected chi connectivity index (χ3v) is 11.4. The zero-order valence-electron chi connectivity index (χ0n) is 32.2. The number of nitrogens with zero attached hydrogens (tertiary/aromatic N) is 2. The summed E-state index contributed by atoms with van der Waals surface area (Å²) < 4.78 is 6.33. The second-order valence-electron chi connectivity index (χ2n) is 15.0. The highest BCUT2D eigenvalue weighted by molar-refractivity contribution is 6.06. The molecule has 59 heavy (non-hydrogen) atoms. The van der Waals surface area contributed by atoms with E-state index in [2.05, 4.69) is 228 Å². The van der Waals surface area contributed by atoms with E-state index in [1.807, 2.05) is 12.1 Å². The molecule has 11 rings (SSSR count). The lowest BCUT2D eigenvalue weighted by Crippen LogP contribution is -2.11. The molecule has 0 bridgehead atoms. The molecule has 0 amide bonds. The second-order valence-corrected chi connectivity index (χ2v) is 15.0. The Labute approximate surface area is 343 Å². The van der Waals surface area contributed by atoms with Crippen LogP contribution in [0.2, 0.25) is 0 Å². The average molecular weight is 755 g/mol. The van der Waals surface area contributed by atoms with Gasteiger partial charge in [-0.25, -0.2) is 0 Å². The molecule has 278 valence electrons. The fourth-order valence-electron chi connectivity index (χ4n) is 8.50. The second kappa shape index (κ2) is 14.6.